The van der Waals surface area contributed by atoms with Gasteiger partial charge in [0.15, 0.2) is 0 Å². The summed E-state index contributed by atoms with van der Waals surface area (Å²) in [6, 6.07) is 2.01. The SMILES string of the molecule is COc1cc(CBr)c(OC)c(C)c1C. The molecule has 3 heteroatoms. The highest BCUT2D eigenvalue weighted by Gasteiger charge is 2.12. The van der Waals surface area contributed by atoms with E-state index in [2.05, 4.69) is 15.9 Å². The second-order valence-electron chi connectivity index (χ2n) is 3.15. The Balaban J connectivity index is 3.38. The van der Waals surface area contributed by atoms with Crippen LogP contribution in [-0.2, 0) is 5.33 Å². The summed E-state index contributed by atoms with van der Waals surface area (Å²) in [4.78, 5) is 0. The van der Waals surface area contributed by atoms with E-state index >= 15 is 0 Å². The lowest BCUT2D eigenvalue weighted by atomic mass is 10.0. The van der Waals surface area contributed by atoms with Crippen LogP contribution in [-0.4, -0.2) is 14.2 Å². The zero-order valence-electron chi connectivity index (χ0n) is 8.98. The Labute approximate surface area is 93.4 Å². The molecule has 0 saturated carbocycles. The van der Waals surface area contributed by atoms with Crippen molar-refractivity contribution in [2.45, 2.75) is 19.2 Å². The van der Waals surface area contributed by atoms with E-state index in [1.807, 2.05) is 19.9 Å². The number of alkyl halides is 1. The van der Waals surface area contributed by atoms with Crippen LogP contribution in [0.1, 0.15) is 16.7 Å². The van der Waals surface area contributed by atoms with E-state index in [0.717, 1.165) is 33.5 Å². The van der Waals surface area contributed by atoms with Crippen LogP contribution in [0.5, 0.6) is 11.5 Å². The lowest BCUT2D eigenvalue weighted by molar-refractivity contribution is 0.395. The summed E-state index contributed by atoms with van der Waals surface area (Å²) >= 11 is 3.44. The molecule has 0 amide bonds. The summed E-state index contributed by atoms with van der Waals surface area (Å²) in [6.45, 7) is 4.08. The number of hydrogen-bond acceptors (Lipinski definition) is 2. The van der Waals surface area contributed by atoms with Crippen LogP contribution < -0.4 is 9.47 Å². The lowest BCUT2D eigenvalue weighted by Crippen LogP contribution is -1.98. The topological polar surface area (TPSA) is 18.5 Å². The van der Waals surface area contributed by atoms with Gasteiger partial charge < -0.3 is 9.47 Å². The second-order valence-corrected chi connectivity index (χ2v) is 3.72. The molecule has 0 radical (unpaired) electrons. The fourth-order valence-corrected chi connectivity index (χ4v) is 1.94. The lowest BCUT2D eigenvalue weighted by Gasteiger charge is -2.15. The number of rotatable bonds is 3. The van der Waals surface area contributed by atoms with Crippen molar-refractivity contribution in [2.24, 2.45) is 0 Å². The standard InChI is InChI=1S/C11H15BrO2/c1-7-8(2)11(14-4)9(6-12)5-10(7)13-3/h5H,6H2,1-4H3. The van der Waals surface area contributed by atoms with Crippen molar-refractivity contribution >= 4 is 15.9 Å². The van der Waals surface area contributed by atoms with Gasteiger partial charge in [0, 0.05) is 10.9 Å². The highest BCUT2D eigenvalue weighted by molar-refractivity contribution is 9.08. The molecule has 0 unspecified atom stereocenters. The van der Waals surface area contributed by atoms with Crippen LogP contribution >= 0.6 is 15.9 Å². The Morgan fingerprint density at radius 1 is 1.14 bits per heavy atom. The first kappa shape index (κ1) is 11.4. The largest absolute Gasteiger partial charge is 0.496 e. The third-order valence-corrected chi connectivity index (χ3v) is 3.04. The van der Waals surface area contributed by atoms with Crippen LogP contribution in [0, 0.1) is 13.8 Å². The Morgan fingerprint density at radius 3 is 2.21 bits per heavy atom. The molecule has 1 rings (SSSR count). The van der Waals surface area contributed by atoms with E-state index in [4.69, 9.17) is 9.47 Å². The molecule has 0 fully saturated rings. The van der Waals surface area contributed by atoms with Gasteiger partial charge in [-0.1, -0.05) is 15.9 Å². The summed E-state index contributed by atoms with van der Waals surface area (Å²) in [5, 5.41) is 0.771. The third-order valence-electron chi connectivity index (χ3n) is 2.44. The molecular weight excluding hydrogens is 244 g/mol. The van der Waals surface area contributed by atoms with Crippen molar-refractivity contribution in [2.75, 3.05) is 14.2 Å². The molecule has 1 aromatic rings. The summed E-state index contributed by atoms with van der Waals surface area (Å²) in [7, 11) is 3.38. The van der Waals surface area contributed by atoms with Crippen LogP contribution in [0.4, 0.5) is 0 Å². The Hall–Kier alpha value is -0.700. The Bertz CT molecular complexity index is 335. The van der Waals surface area contributed by atoms with Gasteiger partial charge in [0.2, 0.25) is 0 Å². The second kappa shape index (κ2) is 4.69. The van der Waals surface area contributed by atoms with Crippen molar-refractivity contribution in [3.63, 3.8) is 0 Å². The highest BCUT2D eigenvalue weighted by Crippen LogP contribution is 2.34. The maximum absolute atomic E-state index is 5.36. The van der Waals surface area contributed by atoms with Crippen molar-refractivity contribution in [3.8, 4) is 11.5 Å². The van der Waals surface area contributed by atoms with Gasteiger partial charge in [-0.25, -0.2) is 0 Å². The Morgan fingerprint density at radius 2 is 1.79 bits per heavy atom. The number of benzene rings is 1. The maximum Gasteiger partial charge on any atom is 0.126 e. The zero-order chi connectivity index (χ0) is 10.7. The van der Waals surface area contributed by atoms with Gasteiger partial charge in [0.25, 0.3) is 0 Å². The van der Waals surface area contributed by atoms with E-state index in [9.17, 15) is 0 Å². The van der Waals surface area contributed by atoms with Gasteiger partial charge in [-0.05, 0) is 31.0 Å². The average Bonchev–Trinajstić information content (AvgIpc) is 2.21. The monoisotopic (exact) mass is 258 g/mol. The smallest absolute Gasteiger partial charge is 0.126 e. The molecule has 0 bridgehead atoms. The molecule has 2 nitrogen and oxygen atoms in total. The van der Waals surface area contributed by atoms with Gasteiger partial charge in [0.1, 0.15) is 11.5 Å². The molecule has 0 aromatic heterocycles. The van der Waals surface area contributed by atoms with Crippen LogP contribution in [0.25, 0.3) is 0 Å². The van der Waals surface area contributed by atoms with Gasteiger partial charge in [-0.2, -0.15) is 0 Å². The van der Waals surface area contributed by atoms with Gasteiger partial charge in [-0.15, -0.1) is 0 Å². The number of ether oxygens (including phenoxy) is 2. The third kappa shape index (κ3) is 1.87. The van der Waals surface area contributed by atoms with Gasteiger partial charge >= 0.3 is 0 Å². The molecule has 0 spiro atoms. The average molecular weight is 259 g/mol. The number of halogens is 1. The molecule has 14 heavy (non-hydrogen) atoms. The first-order valence-corrected chi connectivity index (χ1v) is 5.54. The quantitative estimate of drug-likeness (QED) is 0.776. The first-order chi connectivity index (χ1) is 6.65. The van der Waals surface area contributed by atoms with Crippen molar-refractivity contribution in [1.29, 1.82) is 0 Å². The van der Waals surface area contributed by atoms with E-state index < -0.39 is 0 Å². The molecule has 1 aromatic carbocycles. The fraction of sp³-hybridized carbons (Fsp3) is 0.455. The summed E-state index contributed by atoms with van der Waals surface area (Å²) in [5.41, 5.74) is 3.39. The Kier molecular flexibility index (Phi) is 3.81. The van der Waals surface area contributed by atoms with E-state index in [1.165, 1.54) is 0 Å². The van der Waals surface area contributed by atoms with Crippen LogP contribution in [0.15, 0.2) is 6.07 Å². The molecule has 0 heterocycles. The molecule has 78 valence electrons. The van der Waals surface area contributed by atoms with Crippen LogP contribution in [0.3, 0.4) is 0 Å². The molecule has 0 N–H and O–H groups in total. The van der Waals surface area contributed by atoms with E-state index in [1.54, 1.807) is 14.2 Å². The fourth-order valence-electron chi connectivity index (χ4n) is 1.52. The molecule has 0 aliphatic carbocycles. The molecule has 0 saturated heterocycles. The normalized spacial score (nSPS) is 10.1. The van der Waals surface area contributed by atoms with E-state index in [0.29, 0.717) is 0 Å². The zero-order valence-corrected chi connectivity index (χ0v) is 10.6. The van der Waals surface area contributed by atoms with Gasteiger partial charge in [-0.3, -0.25) is 0 Å². The van der Waals surface area contributed by atoms with Crippen molar-refractivity contribution in [3.05, 3.63) is 22.8 Å². The number of hydrogen-bond donors (Lipinski definition) is 0. The maximum atomic E-state index is 5.36. The highest BCUT2D eigenvalue weighted by atomic mass is 79.9. The summed E-state index contributed by atoms with van der Waals surface area (Å²) in [6.07, 6.45) is 0. The minimum atomic E-state index is 0.771. The predicted octanol–water partition coefficient (Wildman–Crippen LogP) is 3.22. The van der Waals surface area contributed by atoms with Crippen molar-refractivity contribution in [1.82, 2.24) is 0 Å². The molecule has 0 aliphatic rings. The van der Waals surface area contributed by atoms with E-state index in [-0.39, 0.29) is 0 Å². The summed E-state index contributed by atoms with van der Waals surface area (Å²) in [5.74, 6) is 1.86. The molecular formula is C11H15BrO2. The predicted molar refractivity (Wildman–Crippen MR) is 61.7 cm³/mol. The number of methoxy groups -OCH3 is 2. The van der Waals surface area contributed by atoms with Gasteiger partial charge in [0.05, 0.1) is 14.2 Å². The summed E-state index contributed by atoms with van der Waals surface area (Å²) < 4.78 is 10.7. The molecule has 0 aliphatic heterocycles. The molecule has 0 atom stereocenters. The minimum Gasteiger partial charge on any atom is -0.496 e. The first-order valence-electron chi connectivity index (χ1n) is 4.42. The van der Waals surface area contributed by atoms with Crippen LogP contribution in [0.2, 0.25) is 0 Å². The van der Waals surface area contributed by atoms with Crippen molar-refractivity contribution < 1.29 is 9.47 Å². The minimum absolute atomic E-state index is 0.771.